The molecule has 0 aromatic heterocycles. The fraction of sp³-hybridized carbons (Fsp3) is 1.00. The van der Waals surface area contributed by atoms with E-state index in [0.29, 0.717) is 12.6 Å². The Labute approximate surface area is 95.5 Å². The van der Waals surface area contributed by atoms with E-state index in [2.05, 4.69) is 33.0 Å². The quantitative estimate of drug-likeness (QED) is 0.580. The van der Waals surface area contributed by atoms with E-state index in [0.717, 1.165) is 31.2 Å². The van der Waals surface area contributed by atoms with Gasteiger partial charge in [-0.1, -0.05) is 27.7 Å². The second-order valence-corrected chi connectivity index (χ2v) is 5.34. The van der Waals surface area contributed by atoms with E-state index < -0.39 is 0 Å². The molecule has 0 fully saturated rings. The number of unbranched alkanes of at least 4 members (excludes halogenated alkanes) is 1. The molecule has 0 amide bonds. The molecule has 0 bridgehead atoms. The largest absolute Gasteiger partial charge is 0.396 e. The van der Waals surface area contributed by atoms with Gasteiger partial charge in [-0.05, 0) is 44.1 Å². The first-order valence-electron chi connectivity index (χ1n) is 6.40. The van der Waals surface area contributed by atoms with E-state index in [1.165, 1.54) is 12.8 Å². The van der Waals surface area contributed by atoms with Gasteiger partial charge < -0.3 is 10.4 Å². The summed E-state index contributed by atoms with van der Waals surface area (Å²) in [5, 5.41) is 12.3. The number of hydrogen-bond acceptors (Lipinski definition) is 2. The van der Waals surface area contributed by atoms with Crippen LogP contribution in [0.1, 0.15) is 53.4 Å². The molecule has 2 nitrogen and oxygen atoms in total. The number of rotatable bonds is 9. The van der Waals surface area contributed by atoms with E-state index in [4.69, 9.17) is 5.11 Å². The molecule has 0 radical (unpaired) electrons. The number of hydrogen-bond donors (Lipinski definition) is 2. The van der Waals surface area contributed by atoms with Crippen molar-refractivity contribution in [2.75, 3.05) is 13.2 Å². The lowest BCUT2D eigenvalue weighted by Gasteiger charge is -2.22. The summed E-state index contributed by atoms with van der Waals surface area (Å²) in [5.41, 5.74) is 0. The molecule has 2 N–H and O–H groups in total. The Morgan fingerprint density at radius 3 is 1.87 bits per heavy atom. The summed E-state index contributed by atoms with van der Waals surface area (Å²) < 4.78 is 0. The molecule has 0 rings (SSSR count). The topological polar surface area (TPSA) is 32.3 Å². The Bertz CT molecular complexity index is 124. The molecule has 0 spiro atoms. The minimum absolute atomic E-state index is 0.320. The fourth-order valence-corrected chi connectivity index (χ4v) is 1.94. The zero-order chi connectivity index (χ0) is 11.7. The van der Waals surface area contributed by atoms with Crippen LogP contribution in [0.3, 0.4) is 0 Å². The maximum Gasteiger partial charge on any atom is 0.0431 e. The van der Waals surface area contributed by atoms with Crippen molar-refractivity contribution in [3.05, 3.63) is 0 Å². The van der Waals surface area contributed by atoms with E-state index in [9.17, 15) is 0 Å². The summed E-state index contributed by atoms with van der Waals surface area (Å²) in [5.74, 6) is 1.53. The number of nitrogens with one attached hydrogen (secondary N) is 1. The first kappa shape index (κ1) is 14.9. The van der Waals surface area contributed by atoms with Crippen molar-refractivity contribution >= 4 is 0 Å². The molecule has 0 heterocycles. The van der Waals surface area contributed by atoms with Crippen molar-refractivity contribution in [3.63, 3.8) is 0 Å². The highest BCUT2D eigenvalue weighted by Gasteiger charge is 2.11. The smallest absolute Gasteiger partial charge is 0.0431 e. The van der Waals surface area contributed by atoms with Crippen LogP contribution in [0, 0.1) is 11.8 Å². The lowest BCUT2D eigenvalue weighted by Crippen LogP contribution is -2.32. The summed E-state index contributed by atoms with van der Waals surface area (Å²) in [4.78, 5) is 0. The average Bonchev–Trinajstić information content (AvgIpc) is 2.10. The predicted octanol–water partition coefficient (Wildman–Crippen LogP) is 2.81. The molecule has 0 aliphatic rings. The van der Waals surface area contributed by atoms with Gasteiger partial charge in [0.1, 0.15) is 0 Å². The Morgan fingerprint density at radius 1 is 0.933 bits per heavy atom. The lowest BCUT2D eigenvalue weighted by atomic mass is 9.95. The third kappa shape index (κ3) is 10.2. The number of aliphatic hydroxyl groups excluding tert-OH is 1. The summed E-state index contributed by atoms with van der Waals surface area (Å²) >= 11 is 0. The van der Waals surface area contributed by atoms with Crippen molar-refractivity contribution in [2.45, 2.75) is 59.4 Å². The third-order valence-electron chi connectivity index (χ3n) is 2.53. The third-order valence-corrected chi connectivity index (χ3v) is 2.53. The maximum absolute atomic E-state index is 8.69. The number of aliphatic hydroxyl groups is 1. The van der Waals surface area contributed by atoms with E-state index in [1.54, 1.807) is 0 Å². The second kappa shape index (κ2) is 9.17. The van der Waals surface area contributed by atoms with Gasteiger partial charge in [0.05, 0.1) is 0 Å². The van der Waals surface area contributed by atoms with Gasteiger partial charge in [0.2, 0.25) is 0 Å². The van der Waals surface area contributed by atoms with Crippen LogP contribution in [-0.4, -0.2) is 24.3 Å². The van der Waals surface area contributed by atoms with Gasteiger partial charge in [0.25, 0.3) is 0 Å². The molecule has 0 aromatic carbocycles. The van der Waals surface area contributed by atoms with Gasteiger partial charge >= 0.3 is 0 Å². The standard InChI is InChI=1S/C13H29NO/c1-11(2)9-13(10-12(3)4)14-7-5-6-8-15/h11-15H,5-10H2,1-4H3. The van der Waals surface area contributed by atoms with E-state index in [-0.39, 0.29) is 0 Å². The van der Waals surface area contributed by atoms with Crippen molar-refractivity contribution in [3.8, 4) is 0 Å². The van der Waals surface area contributed by atoms with Crippen LogP contribution in [0.2, 0.25) is 0 Å². The SMILES string of the molecule is CC(C)CC(CC(C)C)NCCCCO. The first-order chi connectivity index (χ1) is 7.06. The molecular weight excluding hydrogens is 186 g/mol. The Kier molecular flexibility index (Phi) is 9.12. The Morgan fingerprint density at radius 2 is 1.47 bits per heavy atom. The van der Waals surface area contributed by atoms with Gasteiger partial charge in [-0.25, -0.2) is 0 Å². The zero-order valence-corrected chi connectivity index (χ0v) is 10.9. The molecule has 0 saturated heterocycles. The minimum atomic E-state index is 0.320. The van der Waals surface area contributed by atoms with Crippen LogP contribution in [-0.2, 0) is 0 Å². The molecule has 0 unspecified atom stereocenters. The summed E-state index contributed by atoms with van der Waals surface area (Å²) in [6, 6.07) is 0.656. The van der Waals surface area contributed by atoms with Crippen molar-refractivity contribution < 1.29 is 5.11 Å². The van der Waals surface area contributed by atoms with Crippen molar-refractivity contribution in [2.24, 2.45) is 11.8 Å². The molecule has 15 heavy (non-hydrogen) atoms. The van der Waals surface area contributed by atoms with Crippen LogP contribution < -0.4 is 5.32 Å². The summed E-state index contributed by atoms with van der Waals surface area (Å²) in [7, 11) is 0. The van der Waals surface area contributed by atoms with Crippen molar-refractivity contribution in [1.29, 1.82) is 0 Å². The van der Waals surface area contributed by atoms with Crippen molar-refractivity contribution in [1.82, 2.24) is 5.32 Å². The van der Waals surface area contributed by atoms with E-state index in [1.807, 2.05) is 0 Å². The molecule has 0 aliphatic heterocycles. The molecule has 0 aliphatic carbocycles. The molecule has 0 aromatic rings. The highest BCUT2D eigenvalue weighted by molar-refractivity contribution is 4.70. The van der Waals surface area contributed by atoms with Crippen LogP contribution in [0.4, 0.5) is 0 Å². The van der Waals surface area contributed by atoms with Gasteiger partial charge in [-0.2, -0.15) is 0 Å². The second-order valence-electron chi connectivity index (χ2n) is 5.34. The monoisotopic (exact) mass is 215 g/mol. The van der Waals surface area contributed by atoms with E-state index >= 15 is 0 Å². The highest BCUT2D eigenvalue weighted by atomic mass is 16.2. The molecule has 92 valence electrons. The minimum Gasteiger partial charge on any atom is -0.396 e. The zero-order valence-electron chi connectivity index (χ0n) is 10.9. The molecule has 0 atom stereocenters. The molecular formula is C13H29NO. The summed E-state index contributed by atoms with van der Waals surface area (Å²) in [6.07, 6.45) is 4.53. The summed E-state index contributed by atoms with van der Waals surface area (Å²) in [6.45, 7) is 10.5. The van der Waals surface area contributed by atoms with Gasteiger partial charge in [-0.3, -0.25) is 0 Å². The average molecular weight is 215 g/mol. The fourth-order valence-electron chi connectivity index (χ4n) is 1.94. The van der Waals surface area contributed by atoms with Crippen LogP contribution in [0.15, 0.2) is 0 Å². The van der Waals surface area contributed by atoms with Gasteiger partial charge in [0, 0.05) is 12.6 Å². The normalized spacial score (nSPS) is 12.0. The van der Waals surface area contributed by atoms with Crippen LogP contribution in [0.25, 0.3) is 0 Å². The molecule has 2 heteroatoms. The maximum atomic E-state index is 8.69. The first-order valence-corrected chi connectivity index (χ1v) is 6.40. The molecule has 0 saturated carbocycles. The van der Waals surface area contributed by atoms with Gasteiger partial charge in [-0.15, -0.1) is 0 Å². The Balaban J connectivity index is 3.69. The van der Waals surface area contributed by atoms with Crippen LogP contribution in [0.5, 0.6) is 0 Å². The van der Waals surface area contributed by atoms with Crippen LogP contribution >= 0.6 is 0 Å². The predicted molar refractivity (Wildman–Crippen MR) is 67.0 cm³/mol. The Hall–Kier alpha value is -0.0800. The van der Waals surface area contributed by atoms with Gasteiger partial charge in [0.15, 0.2) is 0 Å². The highest BCUT2D eigenvalue weighted by Crippen LogP contribution is 2.13. The lowest BCUT2D eigenvalue weighted by molar-refractivity contribution is 0.279.